The molecule has 0 spiro atoms. The first kappa shape index (κ1) is 14.8. The average molecular weight is 379 g/mol. The Kier molecular flexibility index (Phi) is 4.00. The van der Waals surface area contributed by atoms with Crippen LogP contribution in [0.15, 0.2) is 61.3 Å². The molecule has 0 unspecified atom stereocenters. The molecule has 0 aliphatic heterocycles. The fourth-order valence-electron chi connectivity index (χ4n) is 1.95. The summed E-state index contributed by atoms with van der Waals surface area (Å²) in [7, 11) is 0. The standard InChI is InChI=1S/C16H9BrClNO3/c17-10-1-4-15-12(5-10)16(21)9(8-22-15)7-19-13-6-11(18)2-3-14(13)20/h1-8,20H. The fraction of sp³-hybridized carbons (Fsp3) is 0. The van der Waals surface area contributed by atoms with Crippen LogP contribution < -0.4 is 5.43 Å². The molecule has 1 aromatic heterocycles. The number of phenols is 1. The molecule has 0 bridgehead atoms. The number of benzene rings is 2. The van der Waals surface area contributed by atoms with E-state index in [0.29, 0.717) is 16.0 Å². The third kappa shape index (κ3) is 2.91. The molecule has 4 nitrogen and oxygen atoms in total. The van der Waals surface area contributed by atoms with Crippen molar-refractivity contribution >= 4 is 50.4 Å². The lowest BCUT2D eigenvalue weighted by Crippen LogP contribution is -2.07. The van der Waals surface area contributed by atoms with Gasteiger partial charge in [0.2, 0.25) is 5.43 Å². The minimum Gasteiger partial charge on any atom is -0.506 e. The molecule has 0 radical (unpaired) electrons. The van der Waals surface area contributed by atoms with Crippen LogP contribution in [0, 0.1) is 0 Å². The lowest BCUT2D eigenvalue weighted by Gasteiger charge is -2.00. The first-order valence-corrected chi connectivity index (χ1v) is 7.45. The van der Waals surface area contributed by atoms with E-state index < -0.39 is 0 Å². The molecule has 0 aliphatic carbocycles. The molecule has 1 heterocycles. The van der Waals surface area contributed by atoms with Crippen molar-refractivity contribution in [3.63, 3.8) is 0 Å². The van der Waals surface area contributed by atoms with Gasteiger partial charge in [-0.2, -0.15) is 0 Å². The Balaban J connectivity index is 2.07. The van der Waals surface area contributed by atoms with E-state index in [0.717, 1.165) is 4.47 Å². The monoisotopic (exact) mass is 377 g/mol. The molecular weight excluding hydrogens is 370 g/mol. The van der Waals surface area contributed by atoms with Gasteiger partial charge in [0, 0.05) is 15.7 Å². The zero-order valence-corrected chi connectivity index (χ0v) is 13.4. The van der Waals surface area contributed by atoms with E-state index in [4.69, 9.17) is 16.0 Å². The maximum Gasteiger partial charge on any atom is 0.201 e. The predicted molar refractivity (Wildman–Crippen MR) is 90.6 cm³/mol. The summed E-state index contributed by atoms with van der Waals surface area (Å²) in [5.41, 5.74) is 0.856. The first-order valence-electron chi connectivity index (χ1n) is 6.28. The number of phenolic OH excluding ortho intramolecular Hbond substituents is 1. The van der Waals surface area contributed by atoms with Crippen molar-refractivity contribution in [2.24, 2.45) is 4.99 Å². The second kappa shape index (κ2) is 5.94. The molecule has 0 amide bonds. The number of aliphatic imine (C=N–C) groups is 1. The quantitative estimate of drug-likeness (QED) is 0.659. The normalized spacial score (nSPS) is 11.4. The lowest BCUT2D eigenvalue weighted by molar-refractivity contribution is 0.477. The van der Waals surface area contributed by atoms with Crippen LogP contribution in [0.2, 0.25) is 5.02 Å². The lowest BCUT2D eigenvalue weighted by atomic mass is 10.2. The van der Waals surface area contributed by atoms with Gasteiger partial charge in [-0.25, -0.2) is 0 Å². The Morgan fingerprint density at radius 2 is 2.05 bits per heavy atom. The summed E-state index contributed by atoms with van der Waals surface area (Å²) >= 11 is 9.18. The number of fused-ring (bicyclic) bond motifs is 1. The predicted octanol–water partition coefficient (Wildman–Crippen LogP) is 4.67. The van der Waals surface area contributed by atoms with Crippen molar-refractivity contribution in [3.05, 3.63) is 67.9 Å². The minimum absolute atomic E-state index is 0.0198. The number of hydrogen-bond donors (Lipinski definition) is 1. The molecule has 3 aromatic rings. The summed E-state index contributed by atoms with van der Waals surface area (Å²) in [6.45, 7) is 0. The largest absolute Gasteiger partial charge is 0.506 e. The molecule has 2 aromatic carbocycles. The highest BCUT2D eigenvalue weighted by atomic mass is 79.9. The van der Waals surface area contributed by atoms with Crippen LogP contribution in [0.4, 0.5) is 5.69 Å². The van der Waals surface area contributed by atoms with Crippen LogP contribution in [0.1, 0.15) is 5.56 Å². The summed E-state index contributed by atoms with van der Waals surface area (Å²) < 4.78 is 6.21. The SMILES string of the molecule is O=c1c(C=Nc2cc(Cl)ccc2O)coc2ccc(Br)cc12. The molecule has 3 rings (SSSR count). The van der Waals surface area contributed by atoms with E-state index >= 15 is 0 Å². The third-order valence-corrected chi connectivity index (χ3v) is 3.77. The fourth-order valence-corrected chi connectivity index (χ4v) is 2.47. The Hall–Kier alpha value is -2.11. The Bertz CT molecular complexity index is 950. The number of rotatable bonds is 2. The van der Waals surface area contributed by atoms with E-state index in [9.17, 15) is 9.90 Å². The van der Waals surface area contributed by atoms with Gasteiger partial charge < -0.3 is 9.52 Å². The van der Waals surface area contributed by atoms with E-state index in [1.807, 2.05) is 0 Å². The highest BCUT2D eigenvalue weighted by molar-refractivity contribution is 9.10. The molecular formula is C16H9BrClNO3. The molecule has 22 heavy (non-hydrogen) atoms. The van der Waals surface area contributed by atoms with Gasteiger partial charge in [-0.05, 0) is 36.4 Å². The summed E-state index contributed by atoms with van der Waals surface area (Å²) in [4.78, 5) is 16.5. The Morgan fingerprint density at radius 1 is 1.23 bits per heavy atom. The van der Waals surface area contributed by atoms with E-state index in [-0.39, 0.29) is 22.4 Å². The zero-order valence-electron chi connectivity index (χ0n) is 11.1. The van der Waals surface area contributed by atoms with Crippen molar-refractivity contribution in [3.8, 4) is 5.75 Å². The second-order valence-electron chi connectivity index (χ2n) is 4.55. The van der Waals surface area contributed by atoms with Gasteiger partial charge >= 0.3 is 0 Å². The summed E-state index contributed by atoms with van der Waals surface area (Å²) in [6.07, 6.45) is 2.68. The van der Waals surface area contributed by atoms with Gasteiger partial charge in [0.25, 0.3) is 0 Å². The van der Waals surface area contributed by atoms with Crippen molar-refractivity contribution in [2.75, 3.05) is 0 Å². The molecule has 0 fully saturated rings. The molecule has 0 atom stereocenters. The van der Waals surface area contributed by atoms with E-state index in [1.54, 1.807) is 24.3 Å². The molecule has 110 valence electrons. The Labute approximate surface area is 138 Å². The van der Waals surface area contributed by atoms with Gasteiger partial charge in [-0.3, -0.25) is 9.79 Å². The van der Waals surface area contributed by atoms with Crippen LogP contribution in [0.5, 0.6) is 5.75 Å². The van der Waals surface area contributed by atoms with Crippen LogP contribution in [-0.4, -0.2) is 11.3 Å². The summed E-state index contributed by atoms with van der Waals surface area (Å²) in [5, 5.41) is 10.6. The highest BCUT2D eigenvalue weighted by Crippen LogP contribution is 2.29. The van der Waals surface area contributed by atoms with Gasteiger partial charge in [0.15, 0.2) is 0 Å². The van der Waals surface area contributed by atoms with Gasteiger partial charge in [-0.15, -0.1) is 0 Å². The van der Waals surface area contributed by atoms with Crippen molar-refractivity contribution in [2.45, 2.75) is 0 Å². The Morgan fingerprint density at radius 3 is 2.86 bits per heavy atom. The molecule has 0 aliphatic rings. The summed E-state index contributed by atoms with van der Waals surface area (Å²) in [5.74, 6) is -0.0198. The highest BCUT2D eigenvalue weighted by Gasteiger charge is 2.06. The second-order valence-corrected chi connectivity index (χ2v) is 5.90. The van der Waals surface area contributed by atoms with E-state index in [1.165, 1.54) is 24.6 Å². The van der Waals surface area contributed by atoms with Gasteiger partial charge in [0.1, 0.15) is 23.3 Å². The average Bonchev–Trinajstić information content (AvgIpc) is 2.50. The number of halogens is 2. The number of hydrogen-bond acceptors (Lipinski definition) is 4. The van der Waals surface area contributed by atoms with Crippen molar-refractivity contribution in [1.82, 2.24) is 0 Å². The third-order valence-electron chi connectivity index (χ3n) is 3.04. The molecule has 0 saturated carbocycles. The van der Waals surface area contributed by atoms with Gasteiger partial charge in [0.05, 0.1) is 10.9 Å². The minimum atomic E-state index is -0.201. The van der Waals surface area contributed by atoms with Crippen LogP contribution >= 0.6 is 27.5 Å². The zero-order chi connectivity index (χ0) is 15.7. The molecule has 6 heteroatoms. The topological polar surface area (TPSA) is 62.8 Å². The summed E-state index contributed by atoms with van der Waals surface area (Å²) in [6, 6.07) is 9.70. The molecule has 1 N–H and O–H groups in total. The number of aromatic hydroxyl groups is 1. The van der Waals surface area contributed by atoms with E-state index in [2.05, 4.69) is 20.9 Å². The maximum atomic E-state index is 12.4. The number of nitrogens with zero attached hydrogens (tertiary/aromatic N) is 1. The van der Waals surface area contributed by atoms with Crippen LogP contribution in [0.25, 0.3) is 11.0 Å². The van der Waals surface area contributed by atoms with Crippen molar-refractivity contribution in [1.29, 1.82) is 0 Å². The molecule has 0 saturated heterocycles. The van der Waals surface area contributed by atoms with Crippen LogP contribution in [-0.2, 0) is 0 Å². The first-order chi connectivity index (χ1) is 10.5. The van der Waals surface area contributed by atoms with Crippen molar-refractivity contribution < 1.29 is 9.52 Å². The van der Waals surface area contributed by atoms with Gasteiger partial charge in [-0.1, -0.05) is 27.5 Å². The smallest absolute Gasteiger partial charge is 0.201 e. The van der Waals surface area contributed by atoms with Crippen LogP contribution in [0.3, 0.4) is 0 Å². The maximum absolute atomic E-state index is 12.4.